The quantitative estimate of drug-likeness (QED) is 0.284. The Morgan fingerprint density at radius 1 is 1.21 bits per heavy atom. The first-order valence-corrected chi connectivity index (χ1v) is 9.46. The Balaban J connectivity index is 2.48. The van der Waals surface area contributed by atoms with Gasteiger partial charge >= 0.3 is 5.97 Å². The molecule has 0 amide bonds. The van der Waals surface area contributed by atoms with Crippen molar-refractivity contribution >= 4 is 33.1 Å². The van der Waals surface area contributed by atoms with E-state index in [1.165, 1.54) is 25.6 Å². The molecule has 0 saturated heterocycles. The average Bonchev–Trinajstić information content (AvgIpc) is 3.09. The van der Waals surface area contributed by atoms with Crippen LogP contribution in [-0.2, 0) is 26.5 Å². The number of anilines is 1. The van der Waals surface area contributed by atoms with E-state index in [9.17, 15) is 4.79 Å². The fourth-order valence-electron chi connectivity index (χ4n) is 2.31. The molecule has 2 aromatic rings. The second-order valence-corrected chi connectivity index (χ2v) is 8.22. The monoisotopic (exact) mass is 406 g/mol. The predicted octanol–water partition coefficient (Wildman–Crippen LogP) is 4.79. The fourth-order valence-corrected chi connectivity index (χ4v) is 3.33. The summed E-state index contributed by atoms with van der Waals surface area (Å²) in [6.07, 6.45) is 0. The molecule has 0 aliphatic carbocycles. The van der Waals surface area contributed by atoms with Gasteiger partial charge in [0.05, 0.1) is 25.5 Å². The van der Waals surface area contributed by atoms with E-state index in [2.05, 4.69) is 40.9 Å². The number of aromatic nitrogens is 1. The number of ether oxygens (including phenoxy) is 1. The number of nitrogens with zero attached hydrogens (tertiary/aromatic N) is 4. The number of thiazole rings is 1. The average molecular weight is 407 g/mol. The molecule has 9 heteroatoms. The lowest BCUT2D eigenvalue weighted by molar-refractivity contribution is -0.282. The Morgan fingerprint density at radius 3 is 2.50 bits per heavy atom. The van der Waals surface area contributed by atoms with E-state index in [0.717, 1.165) is 16.4 Å². The van der Waals surface area contributed by atoms with Crippen molar-refractivity contribution in [2.24, 2.45) is 10.2 Å². The second-order valence-electron chi connectivity index (χ2n) is 7.27. The molecule has 1 aromatic carbocycles. The van der Waals surface area contributed by atoms with Crippen molar-refractivity contribution in [3.8, 4) is 0 Å². The van der Waals surface area contributed by atoms with Crippen LogP contribution in [0.25, 0.3) is 0 Å². The van der Waals surface area contributed by atoms with Gasteiger partial charge in [-0.15, -0.1) is 10.2 Å². The summed E-state index contributed by atoms with van der Waals surface area (Å²) in [5.74, 6) is -0.484. The van der Waals surface area contributed by atoms with Gasteiger partial charge in [-0.05, 0) is 17.7 Å². The Bertz CT molecular complexity index is 856. The highest BCUT2D eigenvalue weighted by molar-refractivity contribution is 7.19. The standard InChI is InChI=1S/C19H26N4O4S/c1-19(2,3)15-16(28-18(20-15)23(4)5)22-21-14-10-12(11-27-26-7)8-9-13(14)17(24)25-6/h8-10H,11H2,1-7H3. The normalized spacial score (nSPS) is 11.8. The topological polar surface area (TPSA) is 85.6 Å². The smallest absolute Gasteiger partial charge is 0.340 e. The number of esters is 1. The lowest BCUT2D eigenvalue weighted by Crippen LogP contribution is -2.13. The molecule has 28 heavy (non-hydrogen) atoms. The maximum absolute atomic E-state index is 12.1. The molecular formula is C19H26N4O4S. The highest BCUT2D eigenvalue weighted by Crippen LogP contribution is 2.40. The van der Waals surface area contributed by atoms with E-state index in [1.807, 2.05) is 19.0 Å². The molecule has 1 heterocycles. The summed E-state index contributed by atoms with van der Waals surface area (Å²) in [5, 5.41) is 10.3. The summed E-state index contributed by atoms with van der Waals surface area (Å²) in [6, 6.07) is 5.11. The maximum atomic E-state index is 12.1. The summed E-state index contributed by atoms with van der Waals surface area (Å²) in [5.41, 5.74) is 2.16. The number of carbonyl (C=O) groups is 1. The van der Waals surface area contributed by atoms with Crippen molar-refractivity contribution in [1.82, 2.24) is 4.98 Å². The first-order valence-electron chi connectivity index (χ1n) is 8.64. The van der Waals surface area contributed by atoms with Crippen LogP contribution in [0.2, 0.25) is 0 Å². The summed E-state index contributed by atoms with van der Waals surface area (Å²) >= 11 is 1.45. The molecule has 0 N–H and O–H groups in total. The van der Waals surface area contributed by atoms with Crippen LogP contribution in [0.3, 0.4) is 0 Å². The first-order chi connectivity index (χ1) is 13.2. The third-order valence-corrected chi connectivity index (χ3v) is 4.86. The molecule has 2 rings (SSSR count). The van der Waals surface area contributed by atoms with Crippen LogP contribution in [0, 0.1) is 0 Å². The van der Waals surface area contributed by atoms with E-state index in [-0.39, 0.29) is 12.0 Å². The van der Waals surface area contributed by atoms with Gasteiger partial charge in [-0.25, -0.2) is 19.6 Å². The van der Waals surface area contributed by atoms with Gasteiger partial charge in [0.25, 0.3) is 0 Å². The maximum Gasteiger partial charge on any atom is 0.340 e. The molecule has 0 radical (unpaired) electrons. The minimum Gasteiger partial charge on any atom is -0.465 e. The van der Waals surface area contributed by atoms with Crippen LogP contribution in [0.15, 0.2) is 28.4 Å². The number of carbonyl (C=O) groups excluding carboxylic acids is 1. The minimum atomic E-state index is -0.484. The highest BCUT2D eigenvalue weighted by Gasteiger charge is 2.24. The lowest BCUT2D eigenvalue weighted by atomic mass is 9.93. The summed E-state index contributed by atoms with van der Waals surface area (Å²) in [7, 11) is 6.63. The van der Waals surface area contributed by atoms with Gasteiger partial charge in [-0.1, -0.05) is 38.2 Å². The van der Waals surface area contributed by atoms with E-state index in [1.54, 1.807) is 18.2 Å². The summed E-state index contributed by atoms with van der Waals surface area (Å²) in [6.45, 7) is 6.44. The van der Waals surface area contributed by atoms with Gasteiger partial charge in [0.15, 0.2) is 10.1 Å². The Kier molecular flexibility index (Phi) is 7.22. The van der Waals surface area contributed by atoms with Gasteiger partial charge in [-0.2, -0.15) is 0 Å². The van der Waals surface area contributed by atoms with Gasteiger partial charge in [0.2, 0.25) is 0 Å². The number of hydrogen-bond donors (Lipinski definition) is 0. The van der Waals surface area contributed by atoms with Crippen LogP contribution in [0.1, 0.15) is 42.4 Å². The molecule has 0 fully saturated rings. The second kappa shape index (κ2) is 9.22. The molecule has 152 valence electrons. The van der Waals surface area contributed by atoms with Crippen molar-refractivity contribution in [1.29, 1.82) is 0 Å². The molecule has 0 saturated carbocycles. The van der Waals surface area contributed by atoms with E-state index in [4.69, 9.17) is 9.62 Å². The summed E-state index contributed by atoms with van der Waals surface area (Å²) in [4.78, 5) is 28.3. The summed E-state index contributed by atoms with van der Waals surface area (Å²) < 4.78 is 4.85. The zero-order valence-electron chi connectivity index (χ0n) is 17.3. The third-order valence-electron chi connectivity index (χ3n) is 3.75. The third kappa shape index (κ3) is 5.34. The van der Waals surface area contributed by atoms with Gasteiger partial charge in [-0.3, -0.25) is 0 Å². The molecule has 1 aromatic heterocycles. The van der Waals surface area contributed by atoms with Crippen molar-refractivity contribution in [3.05, 3.63) is 35.0 Å². The van der Waals surface area contributed by atoms with Crippen LogP contribution in [0.4, 0.5) is 15.8 Å². The SMILES string of the molecule is COOCc1ccc(C(=O)OC)c(N=Nc2sc(N(C)C)nc2C(C)(C)C)c1. The van der Waals surface area contributed by atoms with Crippen LogP contribution >= 0.6 is 11.3 Å². The molecule has 0 aliphatic rings. The molecule has 0 bridgehead atoms. The highest BCUT2D eigenvalue weighted by atomic mass is 32.1. The van der Waals surface area contributed by atoms with Crippen molar-refractivity contribution < 1.29 is 19.3 Å². The number of hydrogen-bond acceptors (Lipinski definition) is 9. The molecular weight excluding hydrogens is 380 g/mol. The number of rotatable bonds is 7. The van der Waals surface area contributed by atoms with Crippen LogP contribution in [0.5, 0.6) is 0 Å². The van der Waals surface area contributed by atoms with Gasteiger partial charge in [0.1, 0.15) is 12.3 Å². The van der Waals surface area contributed by atoms with Crippen molar-refractivity contribution in [3.63, 3.8) is 0 Å². The zero-order chi connectivity index (χ0) is 20.9. The van der Waals surface area contributed by atoms with Crippen LogP contribution in [-0.4, -0.2) is 39.3 Å². The van der Waals surface area contributed by atoms with E-state index >= 15 is 0 Å². The van der Waals surface area contributed by atoms with E-state index in [0.29, 0.717) is 16.3 Å². The molecule has 8 nitrogen and oxygen atoms in total. The minimum absolute atomic E-state index is 0.196. The predicted molar refractivity (Wildman–Crippen MR) is 109 cm³/mol. The number of azo groups is 1. The van der Waals surface area contributed by atoms with Crippen molar-refractivity contribution in [2.45, 2.75) is 32.8 Å². The Hall–Kier alpha value is -2.36. The zero-order valence-corrected chi connectivity index (χ0v) is 18.1. The first kappa shape index (κ1) is 21.9. The van der Waals surface area contributed by atoms with Crippen LogP contribution < -0.4 is 4.90 Å². The number of benzene rings is 1. The fraction of sp³-hybridized carbons (Fsp3) is 0.474. The Morgan fingerprint density at radius 2 is 1.93 bits per heavy atom. The van der Waals surface area contributed by atoms with Gasteiger partial charge in [0, 0.05) is 19.5 Å². The number of methoxy groups -OCH3 is 1. The Labute approximate surface area is 169 Å². The lowest BCUT2D eigenvalue weighted by Gasteiger charge is -2.15. The largest absolute Gasteiger partial charge is 0.465 e. The van der Waals surface area contributed by atoms with Crippen molar-refractivity contribution in [2.75, 3.05) is 33.2 Å². The molecule has 0 spiro atoms. The van der Waals surface area contributed by atoms with Gasteiger partial charge < -0.3 is 9.64 Å². The molecule has 0 atom stereocenters. The van der Waals surface area contributed by atoms with E-state index < -0.39 is 5.97 Å². The molecule has 0 unspecified atom stereocenters. The molecule has 0 aliphatic heterocycles.